The van der Waals surface area contributed by atoms with E-state index in [1.54, 1.807) is 25.4 Å². The zero-order chi connectivity index (χ0) is 18.6. The molecular formula is C17H19ClN4O3S. The average molecular weight is 395 g/mol. The lowest BCUT2D eigenvalue weighted by Gasteiger charge is -2.58. The number of hydrogen-bond donors (Lipinski definition) is 0. The van der Waals surface area contributed by atoms with Crippen LogP contribution in [0, 0.1) is 0 Å². The first kappa shape index (κ1) is 17.4. The van der Waals surface area contributed by atoms with Crippen LogP contribution in [0.2, 0.25) is 5.02 Å². The van der Waals surface area contributed by atoms with Gasteiger partial charge in [0.2, 0.25) is 0 Å². The predicted molar refractivity (Wildman–Crippen MR) is 101 cm³/mol. The summed E-state index contributed by atoms with van der Waals surface area (Å²) in [5, 5.41) is 4.27. The molecule has 1 aromatic heterocycles. The van der Waals surface area contributed by atoms with Crippen LogP contribution in [-0.2, 0) is 16.9 Å². The normalized spacial score (nSPS) is 22.3. The van der Waals surface area contributed by atoms with Gasteiger partial charge in [-0.25, -0.2) is 13.1 Å². The van der Waals surface area contributed by atoms with Crippen LogP contribution in [-0.4, -0.2) is 49.6 Å². The number of rotatable bonds is 3. The van der Waals surface area contributed by atoms with E-state index in [2.05, 4.69) is 14.9 Å². The molecule has 4 heterocycles. The molecule has 0 radical (unpaired) electrons. The number of benzene rings is 1. The Hall–Kier alpha value is -2.06. The van der Waals surface area contributed by atoms with Crippen molar-refractivity contribution in [2.45, 2.75) is 23.4 Å². The highest BCUT2D eigenvalue weighted by molar-refractivity contribution is 7.90. The molecule has 0 spiro atoms. The van der Waals surface area contributed by atoms with Crippen molar-refractivity contribution >= 4 is 32.8 Å². The maximum atomic E-state index is 12.0. The molecule has 138 valence electrons. The van der Waals surface area contributed by atoms with Gasteiger partial charge in [-0.3, -0.25) is 4.79 Å². The van der Waals surface area contributed by atoms with Crippen LogP contribution in [0.5, 0.6) is 0 Å². The molecule has 3 aliphatic heterocycles. The van der Waals surface area contributed by atoms with Crippen molar-refractivity contribution in [1.29, 1.82) is 0 Å². The first-order valence-electron chi connectivity index (χ1n) is 8.31. The standard InChI is InChI=1S/C17H19ClN4O3S/c1-20-17(23)16(18)15(8-19-20)21-9-12-7-13(10-21)22(12)11-3-5-14(6-4-11)26(2,24)25/h3-6,8,12-13H,7,9-10H2,1-2H3. The highest BCUT2D eigenvalue weighted by Crippen LogP contribution is 2.39. The van der Waals surface area contributed by atoms with Gasteiger partial charge in [0, 0.05) is 44.2 Å². The molecule has 2 atom stereocenters. The number of sulfone groups is 1. The number of fused-ring (bicyclic) bond motifs is 2. The van der Waals surface area contributed by atoms with Gasteiger partial charge in [-0.2, -0.15) is 5.10 Å². The van der Waals surface area contributed by atoms with Crippen molar-refractivity contribution in [2.75, 3.05) is 29.1 Å². The average Bonchev–Trinajstić information content (AvgIpc) is 2.59. The third-order valence-electron chi connectivity index (χ3n) is 5.16. The summed E-state index contributed by atoms with van der Waals surface area (Å²) in [5.41, 5.74) is 1.40. The molecule has 3 saturated heterocycles. The fourth-order valence-electron chi connectivity index (χ4n) is 3.82. The van der Waals surface area contributed by atoms with Crippen molar-refractivity contribution in [3.05, 3.63) is 45.8 Å². The Morgan fingerprint density at radius 3 is 2.35 bits per heavy atom. The number of aryl methyl sites for hydroxylation is 1. The molecule has 0 aliphatic carbocycles. The summed E-state index contributed by atoms with van der Waals surface area (Å²) in [6.07, 6.45) is 3.92. The summed E-state index contributed by atoms with van der Waals surface area (Å²) >= 11 is 6.22. The molecule has 26 heavy (non-hydrogen) atoms. The molecular weight excluding hydrogens is 376 g/mol. The zero-order valence-electron chi connectivity index (χ0n) is 14.5. The second kappa shape index (κ2) is 5.99. The van der Waals surface area contributed by atoms with Crippen LogP contribution in [0.25, 0.3) is 0 Å². The van der Waals surface area contributed by atoms with Crippen LogP contribution >= 0.6 is 11.6 Å². The van der Waals surface area contributed by atoms with Crippen molar-refractivity contribution in [1.82, 2.24) is 9.78 Å². The molecule has 1 aromatic carbocycles. The predicted octanol–water partition coefficient (Wildman–Crippen LogP) is 1.30. The Balaban J connectivity index is 1.54. The Kier molecular flexibility index (Phi) is 4.00. The van der Waals surface area contributed by atoms with Crippen LogP contribution in [0.1, 0.15) is 6.42 Å². The van der Waals surface area contributed by atoms with E-state index in [0.717, 1.165) is 25.2 Å². The molecule has 5 rings (SSSR count). The molecule has 2 aromatic rings. The lowest BCUT2D eigenvalue weighted by Crippen LogP contribution is -2.69. The van der Waals surface area contributed by atoms with E-state index < -0.39 is 9.84 Å². The third-order valence-corrected chi connectivity index (χ3v) is 6.64. The maximum absolute atomic E-state index is 12.0. The van der Waals surface area contributed by atoms with E-state index in [-0.39, 0.29) is 10.6 Å². The molecule has 0 amide bonds. The zero-order valence-corrected chi connectivity index (χ0v) is 16.0. The monoisotopic (exact) mass is 394 g/mol. The smallest absolute Gasteiger partial charge is 0.287 e. The van der Waals surface area contributed by atoms with Gasteiger partial charge in [0.25, 0.3) is 5.56 Å². The maximum Gasteiger partial charge on any atom is 0.287 e. The molecule has 0 saturated carbocycles. The van der Waals surface area contributed by atoms with E-state index in [1.165, 1.54) is 10.9 Å². The van der Waals surface area contributed by atoms with Gasteiger partial charge < -0.3 is 9.80 Å². The van der Waals surface area contributed by atoms with E-state index in [1.807, 2.05) is 12.1 Å². The van der Waals surface area contributed by atoms with Gasteiger partial charge in [0.05, 0.1) is 16.8 Å². The van der Waals surface area contributed by atoms with E-state index in [4.69, 9.17) is 11.6 Å². The summed E-state index contributed by atoms with van der Waals surface area (Å²) in [7, 11) is -1.61. The van der Waals surface area contributed by atoms with Crippen molar-refractivity contribution < 1.29 is 8.42 Å². The lowest BCUT2D eigenvalue weighted by atomic mass is 9.86. The van der Waals surface area contributed by atoms with Crippen LogP contribution in [0.3, 0.4) is 0 Å². The number of aromatic nitrogens is 2. The number of halogens is 1. The second-order valence-electron chi connectivity index (χ2n) is 6.89. The third kappa shape index (κ3) is 2.77. The van der Waals surface area contributed by atoms with Crippen molar-refractivity contribution in [2.24, 2.45) is 7.05 Å². The molecule has 2 unspecified atom stereocenters. The van der Waals surface area contributed by atoms with Gasteiger partial charge in [-0.1, -0.05) is 11.6 Å². The Bertz CT molecular complexity index is 1010. The number of anilines is 2. The molecule has 0 N–H and O–H groups in total. The number of hydrogen-bond acceptors (Lipinski definition) is 6. The minimum absolute atomic E-state index is 0.202. The van der Waals surface area contributed by atoms with Gasteiger partial charge in [0.1, 0.15) is 5.02 Å². The summed E-state index contributed by atoms with van der Waals surface area (Å²) in [5.74, 6) is 0. The second-order valence-corrected chi connectivity index (χ2v) is 9.29. The summed E-state index contributed by atoms with van der Waals surface area (Å²) in [4.78, 5) is 16.7. The summed E-state index contributed by atoms with van der Waals surface area (Å²) < 4.78 is 24.5. The van der Waals surface area contributed by atoms with Gasteiger partial charge in [-0.05, 0) is 30.7 Å². The highest BCUT2D eigenvalue weighted by Gasteiger charge is 2.45. The SMILES string of the molecule is Cn1ncc(N2CC3CC(C2)N3c2ccc(S(C)(=O)=O)cc2)c(Cl)c1=O. The van der Waals surface area contributed by atoms with Crippen LogP contribution < -0.4 is 15.4 Å². The van der Waals surface area contributed by atoms with E-state index in [9.17, 15) is 13.2 Å². The largest absolute Gasteiger partial charge is 0.365 e. The van der Waals surface area contributed by atoms with Gasteiger partial charge in [0.15, 0.2) is 9.84 Å². The molecule has 2 bridgehead atoms. The topological polar surface area (TPSA) is 75.5 Å². The first-order chi connectivity index (χ1) is 12.3. The van der Waals surface area contributed by atoms with Crippen LogP contribution in [0.15, 0.2) is 40.2 Å². The number of piperidine rings is 1. The molecule has 3 fully saturated rings. The Morgan fingerprint density at radius 1 is 1.15 bits per heavy atom. The Labute approximate surface area is 156 Å². The fourth-order valence-corrected chi connectivity index (χ4v) is 4.74. The van der Waals surface area contributed by atoms with E-state index >= 15 is 0 Å². The lowest BCUT2D eigenvalue weighted by molar-refractivity contribution is 0.291. The molecule has 9 heteroatoms. The van der Waals surface area contributed by atoms with Crippen LogP contribution in [0.4, 0.5) is 11.4 Å². The minimum atomic E-state index is -3.19. The van der Waals surface area contributed by atoms with Crippen molar-refractivity contribution in [3.63, 3.8) is 0 Å². The summed E-state index contributed by atoms with van der Waals surface area (Å²) in [6, 6.07) is 7.63. The minimum Gasteiger partial charge on any atom is -0.365 e. The molecule has 7 nitrogen and oxygen atoms in total. The van der Waals surface area contributed by atoms with Crippen molar-refractivity contribution in [3.8, 4) is 0 Å². The van der Waals surface area contributed by atoms with Gasteiger partial charge >= 0.3 is 0 Å². The quantitative estimate of drug-likeness (QED) is 0.781. The van der Waals surface area contributed by atoms with Gasteiger partial charge in [-0.15, -0.1) is 0 Å². The van der Waals surface area contributed by atoms with E-state index in [0.29, 0.717) is 22.7 Å². The molecule has 3 aliphatic rings. The number of piperazine rings is 1. The highest BCUT2D eigenvalue weighted by atomic mass is 35.5. The first-order valence-corrected chi connectivity index (χ1v) is 10.6. The number of nitrogens with zero attached hydrogens (tertiary/aromatic N) is 4. The summed E-state index contributed by atoms with van der Waals surface area (Å²) in [6.45, 7) is 1.50. The Morgan fingerprint density at radius 2 is 1.77 bits per heavy atom. The fraction of sp³-hybridized carbons (Fsp3) is 0.412.